The summed E-state index contributed by atoms with van der Waals surface area (Å²) in [5.41, 5.74) is 4.87. The predicted molar refractivity (Wildman–Crippen MR) is 126 cm³/mol. The number of aromatic nitrogens is 2. The third kappa shape index (κ3) is 3.79. The number of nitrogens with one attached hydrogen (secondary N) is 2. The van der Waals surface area contributed by atoms with Crippen molar-refractivity contribution in [3.8, 4) is 11.4 Å². The van der Waals surface area contributed by atoms with Crippen LogP contribution in [0.15, 0.2) is 103 Å². The molecule has 1 amide bonds. The Morgan fingerprint density at radius 2 is 1.28 bits per heavy atom. The first-order valence-electron chi connectivity index (χ1n) is 10.2. The summed E-state index contributed by atoms with van der Waals surface area (Å²) in [4.78, 5) is 33.4. The second-order valence-corrected chi connectivity index (χ2v) is 7.37. The van der Waals surface area contributed by atoms with E-state index in [0.29, 0.717) is 28.2 Å². The number of fused-ring (bicyclic) bond motifs is 1. The van der Waals surface area contributed by atoms with Crippen molar-refractivity contribution in [2.24, 2.45) is 0 Å². The number of rotatable bonds is 5. The first kappa shape index (κ1) is 19.5. The van der Waals surface area contributed by atoms with Crippen LogP contribution >= 0.6 is 0 Å². The minimum Gasteiger partial charge on any atom is -0.338 e. The Hall–Kier alpha value is -4.51. The Morgan fingerprint density at radius 1 is 0.656 bits per heavy atom. The molecule has 0 aliphatic rings. The molecule has 0 aliphatic carbocycles. The number of carbonyl (C=O) groups excluding carboxylic acids is 2. The Kier molecular flexibility index (Phi) is 5.06. The molecule has 0 bridgehead atoms. The van der Waals surface area contributed by atoms with E-state index in [4.69, 9.17) is 0 Å². The van der Waals surface area contributed by atoms with E-state index in [1.807, 2.05) is 66.7 Å². The molecule has 0 saturated carbocycles. The number of anilines is 1. The van der Waals surface area contributed by atoms with Gasteiger partial charge in [-0.15, -0.1) is 0 Å². The Labute approximate surface area is 184 Å². The predicted octanol–water partition coefficient (Wildman–Crippen LogP) is 5.71. The van der Waals surface area contributed by atoms with Gasteiger partial charge >= 0.3 is 0 Å². The molecule has 2 N–H and O–H groups in total. The van der Waals surface area contributed by atoms with Gasteiger partial charge in [-0.25, -0.2) is 4.98 Å². The van der Waals surface area contributed by atoms with Crippen LogP contribution in [0.2, 0.25) is 0 Å². The van der Waals surface area contributed by atoms with Crippen LogP contribution in [0.25, 0.3) is 22.4 Å². The molecule has 1 aromatic heterocycles. The average Bonchev–Trinajstić information content (AvgIpc) is 3.29. The van der Waals surface area contributed by atoms with E-state index in [1.165, 1.54) is 0 Å². The number of para-hydroxylation sites is 3. The molecule has 0 unspecified atom stereocenters. The fourth-order valence-electron chi connectivity index (χ4n) is 3.60. The van der Waals surface area contributed by atoms with Gasteiger partial charge in [0, 0.05) is 22.3 Å². The number of benzene rings is 4. The van der Waals surface area contributed by atoms with E-state index in [9.17, 15) is 9.59 Å². The summed E-state index contributed by atoms with van der Waals surface area (Å²) in [6.45, 7) is 0. The molecule has 4 aromatic carbocycles. The van der Waals surface area contributed by atoms with Crippen molar-refractivity contribution in [3.63, 3.8) is 0 Å². The lowest BCUT2D eigenvalue weighted by Crippen LogP contribution is -2.13. The maximum atomic E-state index is 12.9. The SMILES string of the molecule is O=C(Nc1ccccc1-c1nc2ccccc2[nH]1)c1ccc(C(=O)c2ccccc2)cc1. The van der Waals surface area contributed by atoms with Crippen molar-refractivity contribution in [2.75, 3.05) is 5.32 Å². The van der Waals surface area contributed by atoms with Gasteiger partial charge in [0.05, 0.1) is 16.7 Å². The Bertz CT molecular complexity index is 1390. The third-order valence-corrected chi connectivity index (χ3v) is 5.27. The van der Waals surface area contributed by atoms with Crippen LogP contribution < -0.4 is 5.32 Å². The summed E-state index contributed by atoms with van der Waals surface area (Å²) in [5, 5.41) is 2.97. The van der Waals surface area contributed by atoms with E-state index >= 15 is 0 Å². The van der Waals surface area contributed by atoms with Crippen molar-refractivity contribution >= 4 is 28.4 Å². The number of H-pyrrole nitrogens is 1. The summed E-state index contributed by atoms with van der Waals surface area (Å²) in [5.74, 6) is 0.353. The molecule has 5 nitrogen and oxygen atoms in total. The highest BCUT2D eigenvalue weighted by atomic mass is 16.1. The number of hydrogen-bond donors (Lipinski definition) is 2. The normalized spacial score (nSPS) is 10.8. The molecule has 0 fully saturated rings. The largest absolute Gasteiger partial charge is 0.338 e. The maximum Gasteiger partial charge on any atom is 0.255 e. The fourth-order valence-corrected chi connectivity index (χ4v) is 3.60. The maximum absolute atomic E-state index is 12.9. The number of carbonyl (C=O) groups is 2. The molecule has 154 valence electrons. The molecule has 0 radical (unpaired) electrons. The minimum absolute atomic E-state index is 0.0761. The zero-order chi connectivity index (χ0) is 21.9. The number of nitrogens with zero attached hydrogens (tertiary/aromatic N) is 1. The van der Waals surface area contributed by atoms with Crippen LogP contribution in [0, 0.1) is 0 Å². The lowest BCUT2D eigenvalue weighted by molar-refractivity contribution is 0.102. The van der Waals surface area contributed by atoms with Crippen LogP contribution in [0.5, 0.6) is 0 Å². The second-order valence-electron chi connectivity index (χ2n) is 7.37. The van der Waals surface area contributed by atoms with Gasteiger partial charge in [0.1, 0.15) is 5.82 Å². The average molecular weight is 417 g/mol. The van der Waals surface area contributed by atoms with E-state index in [-0.39, 0.29) is 11.7 Å². The van der Waals surface area contributed by atoms with Crippen LogP contribution in [0.4, 0.5) is 5.69 Å². The molecule has 0 saturated heterocycles. The molecule has 5 aromatic rings. The molecule has 0 atom stereocenters. The smallest absolute Gasteiger partial charge is 0.255 e. The van der Waals surface area contributed by atoms with Gasteiger partial charge in [0.2, 0.25) is 0 Å². The zero-order valence-corrected chi connectivity index (χ0v) is 17.1. The minimum atomic E-state index is -0.257. The molecule has 5 heteroatoms. The fraction of sp³-hybridized carbons (Fsp3) is 0. The number of amides is 1. The third-order valence-electron chi connectivity index (χ3n) is 5.27. The Balaban J connectivity index is 1.38. The van der Waals surface area contributed by atoms with Crippen LogP contribution in [0.3, 0.4) is 0 Å². The van der Waals surface area contributed by atoms with Gasteiger partial charge in [0.15, 0.2) is 5.78 Å². The van der Waals surface area contributed by atoms with Gasteiger partial charge in [0.25, 0.3) is 5.91 Å². The summed E-state index contributed by atoms with van der Waals surface area (Å²) in [6, 6.07) is 31.1. The van der Waals surface area contributed by atoms with Crippen molar-refractivity contribution in [3.05, 3.63) is 120 Å². The summed E-state index contributed by atoms with van der Waals surface area (Å²) < 4.78 is 0. The van der Waals surface area contributed by atoms with Gasteiger partial charge in [-0.3, -0.25) is 9.59 Å². The van der Waals surface area contributed by atoms with Crippen molar-refractivity contribution in [2.45, 2.75) is 0 Å². The molecular weight excluding hydrogens is 398 g/mol. The number of ketones is 1. The molecule has 32 heavy (non-hydrogen) atoms. The highest BCUT2D eigenvalue weighted by molar-refractivity contribution is 6.10. The van der Waals surface area contributed by atoms with Gasteiger partial charge < -0.3 is 10.3 Å². The van der Waals surface area contributed by atoms with E-state index in [0.717, 1.165) is 16.6 Å². The molecule has 0 spiro atoms. The van der Waals surface area contributed by atoms with Crippen molar-refractivity contribution in [1.29, 1.82) is 0 Å². The first-order chi connectivity index (χ1) is 15.7. The van der Waals surface area contributed by atoms with E-state index < -0.39 is 0 Å². The number of imidazole rings is 1. The standard InChI is InChI=1S/C27H19N3O2/c31-25(18-8-2-1-3-9-18)19-14-16-20(17-15-19)27(32)30-22-11-5-4-10-21(22)26-28-23-12-6-7-13-24(23)29-26/h1-17H,(H,28,29)(H,30,32). The summed E-state index contributed by atoms with van der Waals surface area (Å²) in [7, 11) is 0. The lowest BCUT2D eigenvalue weighted by Gasteiger charge is -2.10. The Morgan fingerprint density at radius 3 is 2.06 bits per heavy atom. The van der Waals surface area contributed by atoms with Gasteiger partial charge in [-0.05, 0) is 36.4 Å². The number of aromatic amines is 1. The van der Waals surface area contributed by atoms with Gasteiger partial charge in [-0.1, -0.05) is 66.7 Å². The highest BCUT2D eigenvalue weighted by Crippen LogP contribution is 2.28. The van der Waals surface area contributed by atoms with Crippen molar-refractivity contribution in [1.82, 2.24) is 9.97 Å². The molecule has 5 rings (SSSR count). The van der Waals surface area contributed by atoms with E-state index in [1.54, 1.807) is 36.4 Å². The molecule has 0 aliphatic heterocycles. The molecule has 1 heterocycles. The second kappa shape index (κ2) is 8.32. The van der Waals surface area contributed by atoms with Crippen LogP contribution in [-0.4, -0.2) is 21.7 Å². The topological polar surface area (TPSA) is 74.8 Å². The highest BCUT2D eigenvalue weighted by Gasteiger charge is 2.14. The van der Waals surface area contributed by atoms with Crippen LogP contribution in [0.1, 0.15) is 26.3 Å². The quantitative estimate of drug-likeness (QED) is 0.360. The summed E-state index contributed by atoms with van der Waals surface area (Å²) in [6.07, 6.45) is 0. The lowest BCUT2D eigenvalue weighted by atomic mass is 10.0. The molecular formula is C27H19N3O2. The monoisotopic (exact) mass is 417 g/mol. The number of hydrogen-bond acceptors (Lipinski definition) is 3. The van der Waals surface area contributed by atoms with E-state index in [2.05, 4.69) is 15.3 Å². The summed E-state index contributed by atoms with van der Waals surface area (Å²) >= 11 is 0. The van der Waals surface area contributed by atoms with Gasteiger partial charge in [-0.2, -0.15) is 0 Å². The van der Waals surface area contributed by atoms with Crippen LogP contribution in [-0.2, 0) is 0 Å². The first-order valence-corrected chi connectivity index (χ1v) is 10.2. The van der Waals surface area contributed by atoms with Crippen molar-refractivity contribution < 1.29 is 9.59 Å². The zero-order valence-electron chi connectivity index (χ0n) is 17.1.